The summed E-state index contributed by atoms with van der Waals surface area (Å²) in [6.45, 7) is 3.47. The molecule has 2 unspecified atom stereocenters. The van der Waals surface area contributed by atoms with Crippen LogP contribution in [-0.4, -0.2) is 23.8 Å². The molecule has 0 N–H and O–H groups in total. The topological polar surface area (TPSA) is 44.8 Å². The molecule has 0 radical (unpaired) electrons. The van der Waals surface area contributed by atoms with Gasteiger partial charge in [0.25, 0.3) is 0 Å². The minimum Gasteiger partial charge on any atom is -0.456 e. The lowest BCUT2D eigenvalue weighted by Gasteiger charge is -2.35. The van der Waals surface area contributed by atoms with Gasteiger partial charge in [-0.05, 0) is 19.3 Å². The lowest BCUT2D eigenvalue weighted by atomic mass is 9.79. The van der Waals surface area contributed by atoms with E-state index in [2.05, 4.69) is 0 Å². The highest BCUT2D eigenvalue weighted by molar-refractivity contribution is 5.66. The van der Waals surface area contributed by atoms with E-state index in [9.17, 15) is 4.79 Å². The molecule has 4 heteroatoms. The molecule has 2 rings (SSSR count). The van der Waals surface area contributed by atoms with Gasteiger partial charge in [0.05, 0.1) is 0 Å². The zero-order valence-electron chi connectivity index (χ0n) is 10.0. The summed E-state index contributed by atoms with van der Waals surface area (Å²) >= 11 is 0. The van der Waals surface area contributed by atoms with Crippen molar-refractivity contribution in [2.75, 3.05) is 0 Å². The standard InChI is InChI=1S/C12H20O4/c1-3-10-11(14-9(2)13)12(16-15-10)7-5-4-6-8-12/h10-11H,3-8H2,1-2H3. The van der Waals surface area contributed by atoms with Crippen molar-refractivity contribution >= 4 is 5.97 Å². The zero-order valence-corrected chi connectivity index (χ0v) is 10.0. The van der Waals surface area contributed by atoms with E-state index < -0.39 is 0 Å². The monoisotopic (exact) mass is 228 g/mol. The van der Waals surface area contributed by atoms with E-state index in [1.54, 1.807) is 0 Å². The van der Waals surface area contributed by atoms with Crippen LogP contribution in [-0.2, 0) is 19.3 Å². The van der Waals surface area contributed by atoms with Crippen molar-refractivity contribution in [3.8, 4) is 0 Å². The molecule has 1 saturated carbocycles. The van der Waals surface area contributed by atoms with Gasteiger partial charge in [0.15, 0.2) is 6.10 Å². The molecule has 1 aliphatic carbocycles. The van der Waals surface area contributed by atoms with Crippen LogP contribution in [0.4, 0.5) is 0 Å². The maximum atomic E-state index is 11.2. The minimum absolute atomic E-state index is 0.109. The summed E-state index contributed by atoms with van der Waals surface area (Å²) in [6.07, 6.45) is 5.81. The molecule has 2 atom stereocenters. The first kappa shape index (κ1) is 11.9. The predicted molar refractivity (Wildman–Crippen MR) is 57.6 cm³/mol. The Bertz CT molecular complexity index is 258. The molecule has 1 heterocycles. The van der Waals surface area contributed by atoms with Crippen molar-refractivity contribution in [3.63, 3.8) is 0 Å². The Kier molecular flexibility index (Phi) is 3.50. The molecule has 0 bridgehead atoms. The molecule has 1 saturated heterocycles. The molecule has 92 valence electrons. The minimum atomic E-state index is -0.370. The number of ether oxygens (including phenoxy) is 1. The molecule has 0 aromatic carbocycles. The third-order valence-corrected chi connectivity index (χ3v) is 3.59. The van der Waals surface area contributed by atoms with Gasteiger partial charge in [0.2, 0.25) is 0 Å². The number of esters is 1. The molecular formula is C12H20O4. The largest absolute Gasteiger partial charge is 0.456 e. The number of rotatable bonds is 2. The van der Waals surface area contributed by atoms with Crippen LogP contribution in [0, 0.1) is 0 Å². The highest BCUT2D eigenvalue weighted by Crippen LogP contribution is 2.43. The van der Waals surface area contributed by atoms with Crippen LogP contribution in [0.15, 0.2) is 0 Å². The smallest absolute Gasteiger partial charge is 0.303 e. The van der Waals surface area contributed by atoms with Gasteiger partial charge < -0.3 is 4.74 Å². The van der Waals surface area contributed by atoms with Crippen molar-refractivity contribution in [1.82, 2.24) is 0 Å². The zero-order chi connectivity index (χ0) is 11.6. The lowest BCUT2D eigenvalue weighted by molar-refractivity contribution is -0.332. The quantitative estimate of drug-likeness (QED) is 0.537. The third-order valence-electron chi connectivity index (χ3n) is 3.59. The summed E-state index contributed by atoms with van der Waals surface area (Å²) in [5.74, 6) is -0.248. The average molecular weight is 228 g/mol. The Morgan fingerprint density at radius 2 is 2.06 bits per heavy atom. The van der Waals surface area contributed by atoms with Crippen molar-refractivity contribution in [2.24, 2.45) is 0 Å². The van der Waals surface area contributed by atoms with Gasteiger partial charge in [-0.25, -0.2) is 9.78 Å². The SMILES string of the molecule is CCC1OOC2(CCCCC2)C1OC(C)=O. The Labute approximate surface area is 96.2 Å². The summed E-state index contributed by atoms with van der Waals surface area (Å²) in [5.41, 5.74) is -0.370. The second kappa shape index (κ2) is 4.72. The van der Waals surface area contributed by atoms with E-state index >= 15 is 0 Å². The van der Waals surface area contributed by atoms with Crippen molar-refractivity contribution < 1.29 is 19.3 Å². The van der Waals surface area contributed by atoms with Crippen LogP contribution in [0.3, 0.4) is 0 Å². The van der Waals surface area contributed by atoms with E-state index in [0.717, 1.165) is 32.1 Å². The maximum Gasteiger partial charge on any atom is 0.303 e. The van der Waals surface area contributed by atoms with Crippen LogP contribution in [0.5, 0.6) is 0 Å². The fourth-order valence-corrected chi connectivity index (χ4v) is 2.76. The molecule has 1 aliphatic heterocycles. The normalized spacial score (nSPS) is 32.9. The maximum absolute atomic E-state index is 11.2. The summed E-state index contributed by atoms with van der Waals surface area (Å²) in [6, 6.07) is 0. The van der Waals surface area contributed by atoms with Gasteiger partial charge >= 0.3 is 5.97 Å². The molecule has 0 aromatic rings. The summed E-state index contributed by atoms with van der Waals surface area (Å²) in [5, 5.41) is 0. The number of carbonyl (C=O) groups is 1. The number of hydrogen-bond acceptors (Lipinski definition) is 4. The van der Waals surface area contributed by atoms with Crippen LogP contribution in [0.1, 0.15) is 52.4 Å². The van der Waals surface area contributed by atoms with E-state index in [4.69, 9.17) is 14.5 Å². The second-order valence-corrected chi connectivity index (χ2v) is 4.78. The highest BCUT2D eigenvalue weighted by atomic mass is 17.2. The molecular weight excluding hydrogens is 208 g/mol. The molecule has 2 aliphatic rings. The molecule has 1 spiro atoms. The molecule has 2 fully saturated rings. The van der Waals surface area contributed by atoms with Gasteiger partial charge in [0.1, 0.15) is 11.7 Å². The summed E-state index contributed by atoms with van der Waals surface area (Å²) in [7, 11) is 0. The summed E-state index contributed by atoms with van der Waals surface area (Å²) in [4.78, 5) is 22.0. The Morgan fingerprint density at radius 3 is 2.62 bits per heavy atom. The second-order valence-electron chi connectivity index (χ2n) is 4.78. The molecule has 0 amide bonds. The number of hydrogen-bond donors (Lipinski definition) is 0. The van der Waals surface area contributed by atoms with Crippen LogP contribution >= 0.6 is 0 Å². The lowest BCUT2D eigenvalue weighted by Crippen LogP contribution is -2.47. The first-order valence-corrected chi connectivity index (χ1v) is 6.19. The number of carbonyl (C=O) groups excluding carboxylic acids is 1. The van der Waals surface area contributed by atoms with Crippen LogP contribution in [0.2, 0.25) is 0 Å². The van der Waals surface area contributed by atoms with Crippen LogP contribution in [0.25, 0.3) is 0 Å². The average Bonchev–Trinajstić information content (AvgIpc) is 2.58. The van der Waals surface area contributed by atoms with Gasteiger partial charge in [-0.15, -0.1) is 0 Å². The first-order valence-electron chi connectivity index (χ1n) is 6.19. The Balaban J connectivity index is 2.13. The molecule has 16 heavy (non-hydrogen) atoms. The molecule has 0 aromatic heterocycles. The molecule has 4 nitrogen and oxygen atoms in total. The van der Waals surface area contributed by atoms with Gasteiger partial charge in [-0.1, -0.05) is 26.2 Å². The van der Waals surface area contributed by atoms with Gasteiger partial charge in [0, 0.05) is 6.92 Å². The van der Waals surface area contributed by atoms with Gasteiger partial charge in [-0.3, -0.25) is 4.79 Å². The fourth-order valence-electron chi connectivity index (χ4n) is 2.76. The van der Waals surface area contributed by atoms with Gasteiger partial charge in [-0.2, -0.15) is 0 Å². The van der Waals surface area contributed by atoms with E-state index in [-0.39, 0.29) is 23.8 Å². The first-order chi connectivity index (χ1) is 7.68. The van der Waals surface area contributed by atoms with Crippen molar-refractivity contribution in [3.05, 3.63) is 0 Å². The summed E-state index contributed by atoms with van der Waals surface area (Å²) < 4.78 is 5.42. The van der Waals surface area contributed by atoms with E-state index in [1.165, 1.54) is 13.3 Å². The van der Waals surface area contributed by atoms with Crippen LogP contribution < -0.4 is 0 Å². The van der Waals surface area contributed by atoms with Crippen molar-refractivity contribution in [1.29, 1.82) is 0 Å². The van der Waals surface area contributed by atoms with E-state index in [0.29, 0.717) is 0 Å². The Hall–Kier alpha value is -0.610. The predicted octanol–water partition coefficient (Wildman–Crippen LogP) is 2.36. The highest BCUT2D eigenvalue weighted by Gasteiger charge is 2.53. The van der Waals surface area contributed by atoms with E-state index in [1.807, 2.05) is 6.92 Å². The Morgan fingerprint density at radius 1 is 1.38 bits per heavy atom. The van der Waals surface area contributed by atoms with Crippen molar-refractivity contribution in [2.45, 2.75) is 70.2 Å². The third kappa shape index (κ3) is 2.09. The fraction of sp³-hybridized carbons (Fsp3) is 0.917.